The monoisotopic (exact) mass is 246 g/mol. The molecule has 0 bridgehead atoms. The van der Waals surface area contributed by atoms with Crippen molar-refractivity contribution in [1.82, 2.24) is 0 Å². The summed E-state index contributed by atoms with van der Waals surface area (Å²) in [5, 5.41) is 0. The van der Waals surface area contributed by atoms with E-state index in [0.717, 1.165) is 0 Å². The molecule has 0 radical (unpaired) electrons. The SMILES string of the molecule is CC(=O)C(CCCl)CCOCC(F)(F)F. The van der Waals surface area contributed by atoms with Gasteiger partial charge in [0.2, 0.25) is 0 Å². The molecule has 0 amide bonds. The number of ether oxygens (including phenoxy) is 1. The van der Waals surface area contributed by atoms with Gasteiger partial charge in [0, 0.05) is 18.4 Å². The van der Waals surface area contributed by atoms with Crippen LogP contribution in [0.15, 0.2) is 0 Å². The lowest BCUT2D eigenvalue weighted by atomic mass is 9.99. The first-order chi connectivity index (χ1) is 6.87. The number of rotatable bonds is 7. The number of Topliss-reactive ketones (excluding diaryl/α,β-unsaturated/α-hetero) is 1. The first-order valence-electron chi connectivity index (χ1n) is 4.57. The number of carbonyl (C=O) groups excluding carboxylic acids is 1. The van der Waals surface area contributed by atoms with Crippen LogP contribution in [0.5, 0.6) is 0 Å². The molecule has 2 nitrogen and oxygen atoms in total. The van der Waals surface area contributed by atoms with E-state index in [1.165, 1.54) is 6.92 Å². The van der Waals surface area contributed by atoms with Gasteiger partial charge in [-0.2, -0.15) is 13.2 Å². The minimum atomic E-state index is -4.31. The molecule has 0 spiro atoms. The van der Waals surface area contributed by atoms with Crippen LogP contribution >= 0.6 is 11.6 Å². The third-order valence-corrected chi connectivity index (χ3v) is 2.13. The lowest BCUT2D eigenvalue weighted by Gasteiger charge is -2.12. The first kappa shape index (κ1) is 14.7. The Kier molecular flexibility index (Phi) is 6.92. The zero-order valence-corrected chi connectivity index (χ0v) is 9.20. The molecule has 1 atom stereocenters. The molecule has 0 aromatic rings. The van der Waals surface area contributed by atoms with Gasteiger partial charge in [0.05, 0.1) is 0 Å². The molecule has 0 aliphatic rings. The van der Waals surface area contributed by atoms with Crippen LogP contribution in [0.1, 0.15) is 19.8 Å². The fourth-order valence-corrected chi connectivity index (χ4v) is 1.36. The standard InChI is InChI=1S/C9H14ClF3O2/c1-7(14)8(2-4-10)3-5-15-6-9(11,12)13/h8H,2-6H2,1H3. The summed E-state index contributed by atoms with van der Waals surface area (Å²) in [5.74, 6) is -0.0363. The quantitative estimate of drug-likeness (QED) is 0.510. The third kappa shape index (κ3) is 8.69. The van der Waals surface area contributed by atoms with E-state index >= 15 is 0 Å². The van der Waals surface area contributed by atoms with Gasteiger partial charge in [-0.05, 0) is 19.8 Å². The Bertz CT molecular complexity index is 194. The van der Waals surface area contributed by atoms with Gasteiger partial charge in [-0.25, -0.2) is 0 Å². The molecule has 6 heteroatoms. The highest BCUT2D eigenvalue weighted by atomic mass is 35.5. The Morgan fingerprint density at radius 2 is 2.00 bits per heavy atom. The van der Waals surface area contributed by atoms with Crippen LogP contribution in [0.25, 0.3) is 0 Å². The van der Waals surface area contributed by atoms with Crippen molar-refractivity contribution >= 4 is 17.4 Å². The Labute approximate surface area is 91.7 Å². The fourth-order valence-electron chi connectivity index (χ4n) is 1.10. The summed E-state index contributed by atoms with van der Waals surface area (Å²) in [4.78, 5) is 11.0. The molecule has 0 saturated heterocycles. The molecule has 0 rings (SSSR count). The normalized spacial score (nSPS) is 13.9. The molecule has 0 aromatic heterocycles. The summed E-state index contributed by atoms with van der Waals surface area (Å²) >= 11 is 5.45. The number of carbonyl (C=O) groups is 1. The van der Waals surface area contributed by atoms with Gasteiger partial charge < -0.3 is 4.74 Å². The lowest BCUT2D eigenvalue weighted by Crippen LogP contribution is -2.20. The molecule has 0 aliphatic heterocycles. The Hall–Kier alpha value is -0.290. The second-order valence-electron chi connectivity index (χ2n) is 3.24. The van der Waals surface area contributed by atoms with E-state index in [-0.39, 0.29) is 24.7 Å². The van der Waals surface area contributed by atoms with Crippen LogP contribution in [0.3, 0.4) is 0 Å². The summed E-state index contributed by atoms with van der Waals surface area (Å²) in [6.07, 6.45) is -3.54. The summed E-state index contributed by atoms with van der Waals surface area (Å²) in [6, 6.07) is 0. The van der Waals surface area contributed by atoms with Gasteiger partial charge in [-0.3, -0.25) is 4.79 Å². The van der Waals surface area contributed by atoms with E-state index in [0.29, 0.717) is 12.3 Å². The number of ketones is 1. The van der Waals surface area contributed by atoms with E-state index < -0.39 is 12.8 Å². The molecule has 1 unspecified atom stereocenters. The zero-order valence-electron chi connectivity index (χ0n) is 8.44. The summed E-state index contributed by atoms with van der Waals surface area (Å²) in [6.45, 7) is 0.0696. The van der Waals surface area contributed by atoms with E-state index in [2.05, 4.69) is 4.74 Å². The van der Waals surface area contributed by atoms with Crippen molar-refractivity contribution in [2.45, 2.75) is 25.9 Å². The Balaban J connectivity index is 3.67. The molecule has 0 aromatic carbocycles. The predicted octanol–water partition coefficient (Wildman–Crippen LogP) is 2.79. The summed E-state index contributed by atoms with van der Waals surface area (Å²) in [5.41, 5.74) is 0. The van der Waals surface area contributed by atoms with E-state index in [4.69, 9.17) is 11.6 Å². The highest BCUT2D eigenvalue weighted by Crippen LogP contribution is 2.16. The second-order valence-corrected chi connectivity index (χ2v) is 3.62. The number of halogens is 4. The van der Waals surface area contributed by atoms with Gasteiger partial charge in [-0.1, -0.05) is 0 Å². The largest absolute Gasteiger partial charge is 0.411 e. The van der Waals surface area contributed by atoms with Crippen molar-refractivity contribution in [3.8, 4) is 0 Å². The first-order valence-corrected chi connectivity index (χ1v) is 5.11. The molecular formula is C9H14ClF3O2. The third-order valence-electron chi connectivity index (χ3n) is 1.91. The average Bonchev–Trinajstić information content (AvgIpc) is 2.08. The smallest absolute Gasteiger partial charge is 0.372 e. The van der Waals surface area contributed by atoms with Gasteiger partial charge in [0.15, 0.2) is 0 Å². The van der Waals surface area contributed by atoms with E-state index in [1.54, 1.807) is 0 Å². The molecule has 0 saturated carbocycles. The highest BCUT2D eigenvalue weighted by Gasteiger charge is 2.27. The van der Waals surface area contributed by atoms with Gasteiger partial charge >= 0.3 is 6.18 Å². The maximum atomic E-state index is 11.7. The number of hydrogen-bond acceptors (Lipinski definition) is 2. The molecular weight excluding hydrogens is 233 g/mol. The van der Waals surface area contributed by atoms with Crippen LogP contribution in [-0.4, -0.2) is 31.1 Å². The molecule has 15 heavy (non-hydrogen) atoms. The zero-order chi connectivity index (χ0) is 11.9. The molecule has 0 N–H and O–H groups in total. The predicted molar refractivity (Wildman–Crippen MR) is 51.0 cm³/mol. The van der Waals surface area contributed by atoms with Crippen molar-refractivity contribution in [1.29, 1.82) is 0 Å². The van der Waals surface area contributed by atoms with Crippen molar-refractivity contribution in [3.05, 3.63) is 0 Å². The summed E-state index contributed by atoms with van der Waals surface area (Å²) in [7, 11) is 0. The van der Waals surface area contributed by atoms with Crippen molar-refractivity contribution in [3.63, 3.8) is 0 Å². The molecule has 0 fully saturated rings. The minimum absolute atomic E-state index is 0.0636. The number of alkyl halides is 4. The van der Waals surface area contributed by atoms with Gasteiger partial charge in [0.1, 0.15) is 12.4 Å². The summed E-state index contributed by atoms with van der Waals surface area (Å²) < 4.78 is 39.4. The van der Waals surface area contributed by atoms with Crippen molar-refractivity contribution in [2.75, 3.05) is 19.1 Å². The van der Waals surface area contributed by atoms with Crippen molar-refractivity contribution < 1.29 is 22.7 Å². The highest BCUT2D eigenvalue weighted by molar-refractivity contribution is 6.18. The van der Waals surface area contributed by atoms with Crippen molar-refractivity contribution in [2.24, 2.45) is 5.92 Å². The molecule has 0 aliphatic carbocycles. The van der Waals surface area contributed by atoms with Crippen LogP contribution < -0.4 is 0 Å². The molecule has 0 heterocycles. The molecule has 90 valence electrons. The maximum absolute atomic E-state index is 11.7. The van der Waals surface area contributed by atoms with Crippen LogP contribution in [-0.2, 0) is 9.53 Å². The number of hydrogen-bond donors (Lipinski definition) is 0. The Morgan fingerprint density at radius 3 is 2.40 bits per heavy atom. The van der Waals surface area contributed by atoms with Crippen LogP contribution in [0.2, 0.25) is 0 Å². The van der Waals surface area contributed by atoms with E-state index in [1.807, 2.05) is 0 Å². The van der Waals surface area contributed by atoms with Gasteiger partial charge in [0.25, 0.3) is 0 Å². The second kappa shape index (κ2) is 7.06. The van der Waals surface area contributed by atoms with Crippen LogP contribution in [0, 0.1) is 5.92 Å². The topological polar surface area (TPSA) is 26.3 Å². The van der Waals surface area contributed by atoms with E-state index in [9.17, 15) is 18.0 Å². The lowest BCUT2D eigenvalue weighted by molar-refractivity contribution is -0.174. The van der Waals surface area contributed by atoms with Gasteiger partial charge in [-0.15, -0.1) is 11.6 Å². The Morgan fingerprint density at radius 1 is 1.40 bits per heavy atom. The fraction of sp³-hybridized carbons (Fsp3) is 0.889. The van der Waals surface area contributed by atoms with Crippen LogP contribution in [0.4, 0.5) is 13.2 Å². The average molecular weight is 247 g/mol. The maximum Gasteiger partial charge on any atom is 0.411 e. The minimum Gasteiger partial charge on any atom is -0.372 e.